The molecular weight excluding hydrogens is 316 g/mol. The lowest BCUT2D eigenvalue weighted by molar-refractivity contribution is 0.0378. The van der Waals surface area contributed by atoms with Gasteiger partial charge in [-0.05, 0) is 50.2 Å². The highest BCUT2D eigenvalue weighted by Gasteiger charge is 2.12. The minimum atomic E-state index is -0.383. The van der Waals surface area contributed by atoms with Crippen molar-refractivity contribution < 1.29 is 14.3 Å². The second-order valence-electron chi connectivity index (χ2n) is 5.87. The number of nitrogens with one attached hydrogen (secondary N) is 1. The Labute approximate surface area is 145 Å². The molecule has 2 aromatic carbocycles. The van der Waals surface area contributed by atoms with E-state index < -0.39 is 0 Å². The number of hydrogen-bond acceptors (Lipinski definition) is 4. The van der Waals surface area contributed by atoms with Crippen LogP contribution in [-0.2, 0) is 4.74 Å². The Hall–Kier alpha value is -3.21. The van der Waals surface area contributed by atoms with Gasteiger partial charge in [-0.15, -0.1) is 0 Å². The topological polar surface area (TPSA) is 68.3 Å². The van der Waals surface area contributed by atoms with Crippen molar-refractivity contribution in [2.45, 2.75) is 20.0 Å². The van der Waals surface area contributed by atoms with Gasteiger partial charge in [0.15, 0.2) is 0 Å². The van der Waals surface area contributed by atoms with Gasteiger partial charge in [0, 0.05) is 17.3 Å². The molecular formula is C20H18N2O3. The Bertz CT molecular complexity index is 912. The van der Waals surface area contributed by atoms with E-state index in [-0.39, 0.29) is 18.0 Å². The van der Waals surface area contributed by atoms with Crippen molar-refractivity contribution in [1.82, 2.24) is 4.98 Å². The van der Waals surface area contributed by atoms with Gasteiger partial charge in [0.25, 0.3) is 5.91 Å². The van der Waals surface area contributed by atoms with Crippen LogP contribution in [0.5, 0.6) is 0 Å². The lowest BCUT2D eigenvalue weighted by Crippen LogP contribution is -2.14. The first kappa shape index (κ1) is 16.6. The quantitative estimate of drug-likeness (QED) is 0.731. The van der Waals surface area contributed by atoms with Crippen molar-refractivity contribution in [3.63, 3.8) is 0 Å². The van der Waals surface area contributed by atoms with Crippen LogP contribution in [0.4, 0.5) is 5.69 Å². The minimum Gasteiger partial charge on any atom is -0.459 e. The molecule has 1 amide bonds. The van der Waals surface area contributed by atoms with Gasteiger partial charge in [0.2, 0.25) is 0 Å². The number of rotatable bonds is 4. The van der Waals surface area contributed by atoms with Crippen molar-refractivity contribution in [2.24, 2.45) is 0 Å². The van der Waals surface area contributed by atoms with Gasteiger partial charge in [-0.2, -0.15) is 0 Å². The van der Waals surface area contributed by atoms with Crippen molar-refractivity contribution >= 4 is 28.5 Å². The van der Waals surface area contributed by atoms with Crippen LogP contribution in [0.2, 0.25) is 0 Å². The fourth-order valence-electron chi connectivity index (χ4n) is 2.46. The molecule has 0 spiro atoms. The molecule has 5 nitrogen and oxygen atoms in total. The fourth-order valence-corrected chi connectivity index (χ4v) is 2.46. The Kier molecular flexibility index (Phi) is 4.75. The zero-order valence-corrected chi connectivity index (χ0v) is 14.0. The van der Waals surface area contributed by atoms with Gasteiger partial charge in [0.1, 0.15) is 0 Å². The molecule has 0 unspecified atom stereocenters. The van der Waals surface area contributed by atoms with Crippen LogP contribution < -0.4 is 5.32 Å². The molecule has 0 bridgehead atoms. The van der Waals surface area contributed by atoms with Crippen LogP contribution in [0.1, 0.15) is 34.6 Å². The third kappa shape index (κ3) is 3.83. The lowest BCUT2D eigenvalue weighted by atomic mass is 10.1. The van der Waals surface area contributed by atoms with E-state index in [0.29, 0.717) is 22.3 Å². The average molecular weight is 334 g/mol. The van der Waals surface area contributed by atoms with Gasteiger partial charge in [0.05, 0.1) is 22.7 Å². The van der Waals surface area contributed by atoms with E-state index >= 15 is 0 Å². The number of benzene rings is 2. The molecule has 5 heteroatoms. The lowest BCUT2D eigenvalue weighted by Gasteiger charge is -2.10. The zero-order chi connectivity index (χ0) is 17.8. The highest BCUT2D eigenvalue weighted by Crippen LogP contribution is 2.18. The Morgan fingerprint density at radius 1 is 1.00 bits per heavy atom. The summed E-state index contributed by atoms with van der Waals surface area (Å²) in [6.45, 7) is 3.59. The molecule has 1 heterocycles. The number of carbonyl (C=O) groups excluding carboxylic acids is 2. The SMILES string of the molecule is CC(C)OC(=O)c1ccc(NC(=O)c2cccc3cccnc23)cc1. The maximum atomic E-state index is 12.5. The molecule has 0 aliphatic carbocycles. The highest BCUT2D eigenvalue weighted by molar-refractivity contribution is 6.11. The van der Waals surface area contributed by atoms with Crippen molar-refractivity contribution in [3.8, 4) is 0 Å². The van der Waals surface area contributed by atoms with Gasteiger partial charge in [-0.1, -0.05) is 18.2 Å². The number of esters is 1. The summed E-state index contributed by atoms with van der Waals surface area (Å²) in [6, 6.07) is 15.8. The first-order valence-corrected chi connectivity index (χ1v) is 8.01. The summed E-state index contributed by atoms with van der Waals surface area (Å²) in [4.78, 5) is 28.7. The van der Waals surface area contributed by atoms with Crippen LogP contribution in [0.3, 0.4) is 0 Å². The van der Waals surface area contributed by atoms with Crippen LogP contribution in [-0.4, -0.2) is 23.0 Å². The number of pyridine rings is 1. The number of fused-ring (bicyclic) bond motifs is 1. The van der Waals surface area contributed by atoms with Crippen molar-refractivity contribution in [2.75, 3.05) is 5.32 Å². The standard InChI is InChI=1S/C20H18N2O3/c1-13(2)25-20(24)15-8-10-16(11-9-15)22-19(23)17-7-3-5-14-6-4-12-21-18(14)17/h3-13H,1-2H3,(H,22,23). The summed E-state index contributed by atoms with van der Waals surface area (Å²) in [5.74, 6) is -0.632. The zero-order valence-electron chi connectivity index (χ0n) is 14.0. The van der Waals surface area contributed by atoms with Crippen LogP contribution in [0.25, 0.3) is 10.9 Å². The molecule has 0 radical (unpaired) electrons. The van der Waals surface area contributed by atoms with E-state index in [1.165, 1.54) is 0 Å². The minimum absolute atomic E-state index is 0.175. The number of ether oxygens (including phenoxy) is 1. The summed E-state index contributed by atoms with van der Waals surface area (Å²) in [6.07, 6.45) is 1.49. The largest absolute Gasteiger partial charge is 0.459 e. The number of aromatic nitrogens is 1. The number of carbonyl (C=O) groups is 2. The van der Waals surface area contributed by atoms with E-state index in [0.717, 1.165) is 5.39 Å². The summed E-state index contributed by atoms with van der Waals surface area (Å²) in [7, 11) is 0. The number of amides is 1. The molecule has 0 atom stereocenters. The predicted molar refractivity (Wildman–Crippen MR) is 96.7 cm³/mol. The van der Waals surface area contributed by atoms with Crippen molar-refractivity contribution in [1.29, 1.82) is 0 Å². The summed E-state index contributed by atoms with van der Waals surface area (Å²) in [5, 5.41) is 3.73. The summed E-state index contributed by atoms with van der Waals surface area (Å²) >= 11 is 0. The molecule has 25 heavy (non-hydrogen) atoms. The summed E-state index contributed by atoms with van der Waals surface area (Å²) in [5.41, 5.74) is 2.19. The first-order valence-electron chi connectivity index (χ1n) is 8.01. The first-order chi connectivity index (χ1) is 12.0. The highest BCUT2D eigenvalue weighted by atomic mass is 16.5. The van der Waals surface area contributed by atoms with Crippen molar-refractivity contribution in [3.05, 3.63) is 71.9 Å². The number of anilines is 1. The molecule has 1 aromatic heterocycles. The fraction of sp³-hybridized carbons (Fsp3) is 0.150. The van der Waals surface area contributed by atoms with Crippen LogP contribution >= 0.6 is 0 Å². The molecule has 126 valence electrons. The molecule has 0 aliphatic heterocycles. The predicted octanol–water partition coefficient (Wildman–Crippen LogP) is 4.05. The van der Waals surface area contributed by atoms with Gasteiger partial charge >= 0.3 is 5.97 Å². The molecule has 0 saturated carbocycles. The van der Waals surface area contributed by atoms with Crippen LogP contribution in [0, 0.1) is 0 Å². The number of nitrogens with zero attached hydrogens (tertiary/aromatic N) is 1. The molecule has 0 saturated heterocycles. The molecule has 0 aliphatic rings. The van der Waals surface area contributed by atoms with Gasteiger partial charge in [-0.25, -0.2) is 4.79 Å². The second-order valence-corrected chi connectivity index (χ2v) is 5.87. The Balaban J connectivity index is 1.78. The van der Waals surface area contributed by atoms with E-state index in [4.69, 9.17) is 4.74 Å². The smallest absolute Gasteiger partial charge is 0.338 e. The van der Waals surface area contributed by atoms with Gasteiger partial charge in [-0.3, -0.25) is 9.78 Å². The molecule has 3 rings (SSSR count). The summed E-state index contributed by atoms with van der Waals surface area (Å²) < 4.78 is 5.14. The molecule has 3 aromatic rings. The van der Waals surface area contributed by atoms with E-state index in [9.17, 15) is 9.59 Å². The maximum Gasteiger partial charge on any atom is 0.338 e. The van der Waals surface area contributed by atoms with E-state index in [2.05, 4.69) is 10.3 Å². The molecule has 1 N–H and O–H groups in total. The monoisotopic (exact) mass is 334 g/mol. The third-order valence-electron chi connectivity index (χ3n) is 3.60. The second kappa shape index (κ2) is 7.13. The maximum absolute atomic E-state index is 12.5. The number of para-hydroxylation sites is 1. The Morgan fingerprint density at radius 2 is 1.72 bits per heavy atom. The average Bonchev–Trinajstić information content (AvgIpc) is 2.61. The molecule has 0 fully saturated rings. The van der Waals surface area contributed by atoms with E-state index in [1.54, 1.807) is 50.4 Å². The Morgan fingerprint density at radius 3 is 2.44 bits per heavy atom. The van der Waals surface area contributed by atoms with Gasteiger partial charge < -0.3 is 10.1 Å². The number of hydrogen-bond donors (Lipinski definition) is 1. The third-order valence-corrected chi connectivity index (χ3v) is 3.60. The van der Waals surface area contributed by atoms with Crippen LogP contribution in [0.15, 0.2) is 60.8 Å². The normalized spacial score (nSPS) is 10.7. The van der Waals surface area contributed by atoms with E-state index in [1.807, 2.05) is 24.3 Å².